The van der Waals surface area contributed by atoms with Gasteiger partial charge in [0.1, 0.15) is 11.6 Å². The highest BCUT2D eigenvalue weighted by atomic mass is 19.1. The molecule has 2 aromatic rings. The lowest BCUT2D eigenvalue weighted by molar-refractivity contribution is 0.340. The number of benzene rings is 2. The van der Waals surface area contributed by atoms with E-state index in [1.165, 1.54) is 6.07 Å². The van der Waals surface area contributed by atoms with Gasteiger partial charge in [-0.1, -0.05) is 24.3 Å². The summed E-state index contributed by atoms with van der Waals surface area (Å²) in [6.07, 6.45) is 0. The van der Waals surface area contributed by atoms with E-state index in [9.17, 15) is 4.39 Å². The smallest absolute Gasteiger partial charge is 0.146 e. The first-order valence-corrected chi connectivity index (χ1v) is 6.44. The number of hydrogen-bond donors (Lipinski definition) is 1. The normalized spacial score (nSPS) is 11.9. The van der Waals surface area contributed by atoms with Gasteiger partial charge in [0, 0.05) is 6.04 Å². The highest BCUT2D eigenvalue weighted by Gasteiger charge is 2.08. The van der Waals surface area contributed by atoms with Crippen LogP contribution in [0, 0.1) is 5.82 Å². The molecular weight excluding hydrogens is 241 g/mol. The van der Waals surface area contributed by atoms with Crippen LogP contribution in [-0.4, -0.2) is 6.61 Å². The summed E-state index contributed by atoms with van der Waals surface area (Å²) in [4.78, 5) is 0. The van der Waals surface area contributed by atoms with E-state index in [1.807, 2.05) is 44.2 Å². The molecule has 0 aliphatic rings. The van der Waals surface area contributed by atoms with Gasteiger partial charge in [-0.2, -0.15) is 0 Å². The molecule has 19 heavy (non-hydrogen) atoms. The minimum absolute atomic E-state index is 0.0348. The van der Waals surface area contributed by atoms with Crippen molar-refractivity contribution in [3.8, 4) is 5.75 Å². The van der Waals surface area contributed by atoms with Gasteiger partial charge in [0.15, 0.2) is 0 Å². The average molecular weight is 259 g/mol. The molecule has 1 atom stereocenters. The van der Waals surface area contributed by atoms with Crippen LogP contribution in [0.1, 0.15) is 25.5 Å². The average Bonchev–Trinajstić information content (AvgIpc) is 2.42. The molecule has 1 unspecified atom stereocenters. The minimum Gasteiger partial charge on any atom is -0.494 e. The molecular formula is C16H18FNO. The number of anilines is 1. The van der Waals surface area contributed by atoms with Crippen LogP contribution in [0.3, 0.4) is 0 Å². The van der Waals surface area contributed by atoms with Crippen LogP contribution in [0.5, 0.6) is 5.75 Å². The summed E-state index contributed by atoms with van der Waals surface area (Å²) in [6, 6.07) is 14.6. The van der Waals surface area contributed by atoms with E-state index in [0.717, 1.165) is 11.3 Å². The molecule has 0 bridgehead atoms. The number of nitrogens with one attached hydrogen (secondary N) is 1. The molecule has 100 valence electrons. The second-order valence-corrected chi connectivity index (χ2v) is 4.35. The summed E-state index contributed by atoms with van der Waals surface area (Å²) in [5.41, 5.74) is 1.61. The van der Waals surface area contributed by atoms with Gasteiger partial charge in [-0.05, 0) is 43.7 Å². The highest BCUT2D eigenvalue weighted by Crippen LogP contribution is 2.23. The summed E-state index contributed by atoms with van der Waals surface area (Å²) >= 11 is 0. The van der Waals surface area contributed by atoms with E-state index >= 15 is 0 Å². The molecule has 0 amide bonds. The molecule has 1 N–H and O–H groups in total. The van der Waals surface area contributed by atoms with Crippen LogP contribution in [0.25, 0.3) is 0 Å². The third kappa shape index (κ3) is 3.47. The molecule has 0 aliphatic carbocycles. The molecule has 0 heterocycles. The quantitative estimate of drug-likeness (QED) is 0.859. The largest absolute Gasteiger partial charge is 0.494 e. The van der Waals surface area contributed by atoms with Gasteiger partial charge in [0.25, 0.3) is 0 Å². The predicted molar refractivity (Wildman–Crippen MR) is 76.0 cm³/mol. The molecule has 0 radical (unpaired) electrons. The fourth-order valence-corrected chi connectivity index (χ4v) is 1.91. The van der Waals surface area contributed by atoms with Gasteiger partial charge in [0.2, 0.25) is 0 Å². The Labute approximate surface area is 113 Å². The Morgan fingerprint density at radius 2 is 1.79 bits per heavy atom. The lowest BCUT2D eigenvalue weighted by Gasteiger charge is -2.16. The number of hydrogen-bond acceptors (Lipinski definition) is 2. The Kier molecular flexibility index (Phi) is 4.39. The topological polar surface area (TPSA) is 21.3 Å². The van der Waals surface area contributed by atoms with Crippen LogP contribution >= 0.6 is 0 Å². The maximum absolute atomic E-state index is 13.5. The number of rotatable bonds is 5. The molecule has 0 saturated heterocycles. The van der Waals surface area contributed by atoms with E-state index in [4.69, 9.17) is 4.74 Å². The third-order valence-corrected chi connectivity index (χ3v) is 2.94. The van der Waals surface area contributed by atoms with Crippen molar-refractivity contribution in [3.05, 3.63) is 59.9 Å². The molecule has 3 heteroatoms. The second kappa shape index (κ2) is 6.23. The summed E-state index contributed by atoms with van der Waals surface area (Å²) in [7, 11) is 0. The first-order valence-electron chi connectivity index (χ1n) is 6.44. The third-order valence-electron chi connectivity index (χ3n) is 2.94. The SMILES string of the molecule is CCOc1ccc(C(C)Nc2ccccc2F)cc1. The lowest BCUT2D eigenvalue weighted by atomic mass is 10.1. The summed E-state index contributed by atoms with van der Waals surface area (Å²) in [5, 5.41) is 3.16. The number of halogens is 1. The molecule has 0 fully saturated rings. The first kappa shape index (κ1) is 13.4. The summed E-state index contributed by atoms with van der Waals surface area (Å²) in [6.45, 7) is 4.61. The van der Waals surface area contributed by atoms with Crippen LogP contribution in [0.15, 0.2) is 48.5 Å². The Bertz CT molecular complexity index is 525. The molecule has 2 rings (SSSR count). The fraction of sp³-hybridized carbons (Fsp3) is 0.250. The lowest BCUT2D eigenvalue weighted by Crippen LogP contribution is -2.07. The second-order valence-electron chi connectivity index (χ2n) is 4.35. The Morgan fingerprint density at radius 3 is 2.42 bits per heavy atom. The van der Waals surface area contributed by atoms with Crippen LogP contribution in [0.4, 0.5) is 10.1 Å². The standard InChI is InChI=1S/C16H18FNO/c1-3-19-14-10-8-13(9-11-14)12(2)18-16-7-5-4-6-15(16)17/h4-12,18H,3H2,1-2H3. The minimum atomic E-state index is -0.236. The van der Waals surface area contributed by atoms with Gasteiger partial charge in [-0.3, -0.25) is 0 Å². The maximum atomic E-state index is 13.5. The number of ether oxygens (including phenoxy) is 1. The van der Waals surface area contributed by atoms with Gasteiger partial charge < -0.3 is 10.1 Å². The van der Waals surface area contributed by atoms with Crippen LogP contribution < -0.4 is 10.1 Å². The van der Waals surface area contributed by atoms with Crippen molar-refractivity contribution in [2.45, 2.75) is 19.9 Å². The Balaban J connectivity index is 2.07. The van der Waals surface area contributed by atoms with Crippen molar-refractivity contribution in [1.29, 1.82) is 0 Å². The first-order chi connectivity index (χ1) is 9.20. The maximum Gasteiger partial charge on any atom is 0.146 e. The van der Waals surface area contributed by atoms with Crippen molar-refractivity contribution < 1.29 is 9.13 Å². The predicted octanol–water partition coefficient (Wildman–Crippen LogP) is 4.40. The van der Waals surface area contributed by atoms with Gasteiger partial charge in [-0.15, -0.1) is 0 Å². The van der Waals surface area contributed by atoms with Crippen LogP contribution in [-0.2, 0) is 0 Å². The molecule has 2 nitrogen and oxygen atoms in total. The highest BCUT2D eigenvalue weighted by molar-refractivity contribution is 5.46. The van der Waals surface area contributed by atoms with E-state index in [2.05, 4.69) is 5.32 Å². The van der Waals surface area contributed by atoms with Gasteiger partial charge in [-0.25, -0.2) is 4.39 Å². The van der Waals surface area contributed by atoms with E-state index in [0.29, 0.717) is 12.3 Å². The zero-order chi connectivity index (χ0) is 13.7. The van der Waals surface area contributed by atoms with Crippen molar-refractivity contribution in [1.82, 2.24) is 0 Å². The van der Waals surface area contributed by atoms with E-state index in [1.54, 1.807) is 12.1 Å². The summed E-state index contributed by atoms with van der Waals surface area (Å²) < 4.78 is 18.9. The molecule has 0 spiro atoms. The summed E-state index contributed by atoms with van der Waals surface area (Å²) in [5.74, 6) is 0.615. The number of para-hydroxylation sites is 1. The Hall–Kier alpha value is -2.03. The van der Waals surface area contributed by atoms with Crippen molar-refractivity contribution in [3.63, 3.8) is 0 Å². The van der Waals surface area contributed by atoms with E-state index in [-0.39, 0.29) is 11.9 Å². The van der Waals surface area contributed by atoms with Crippen molar-refractivity contribution >= 4 is 5.69 Å². The molecule has 2 aromatic carbocycles. The zero-order valence-corrected chi connectivity index (χ0v) is 11.2. The van der Waals surface area contributed by atoms with Crippen molar-refractivity contribution in [2.24, 2.45) is 0 Å². The van der Waals surface area contributed by atoms with Gasteiger partial charge in [0.05, 0.1) is 12.3 Å². The van der Waals surface area contributed by atoms with Crippen LogP contribution in [0.2, 0.25) is 0 Å². The molecule has 0 aliphatic heterocycles. The van der Waals surface area contributed by atoms with Crippen molar-refractivity contribution in [2.75, 3.05) is 11.9 Å². The monoisotopic (exact) mass is 259 g/mol. The van der Waals surface area contributed by atoms with Gasteiger partial charge >= 0.3 is 0 Å². The van der Waals surface area contributed by atoms with E-state index < -0.39 is 0 Å². The Morgan fingerprint density at radius 1 is 1.11 bits per heavy atom. The zero-order valence-electron chi connectivity index (χ0n) is 11.2. The molecule has 0 saturated carbocycles. The fourth-order valence-electron chi connectivity index (χ4n) is 1.91. The molecule has 0 aromatic heterocycles.